The van der Waals surface area contributed by atoms with Crippen molar-refractivity contribution in [1.82, 2.24) is 4.98 Å². The van der Waals surface area contributed by atoms with Crippen LogP contribution in [0.1, 0.15) is 12.6 Å². The van der Waals surface area contributed by atoms with Crippen molar-refractivity contribution in [3.8, 4) is 0 Å². The zero-order chi connectivity index (χ0) is 13.1. The van der Waals surface area contributed by atoms with Crippen molar-refractivity contribution in [2.24, 2.45) is 0 Å². The van der Waals surface area contributed by atoms with Crippen molar-refractivity contribution in [3.63, 3.8) is 0 Å². The first-order chi connectivity index (χ1) is 7.86. The van der Waals surface area contributed by atoms with Crippen LogP contribution in [0.3, 0.4) is 0 Å². The van der Waals surface area contributed by atoms with Gasteiger partial charge in [-0.15, -0.1) is 17.9 Å². The number of anilines is 1. The number of amides is 1. The van der Waals surface area contributed by atoms with E-state index in [1.807, 2.05) is 0 Å². The lowest BCUT2D eigenvalue weighted by Gasteiger charge is -2.10. The first-order valence-corrected chi connectivity index (χ1v) is 7.52. The molecule has 1 N–H and O–H groups in total. The van der Waals surface area contributed by atoms with Gasteiger partial charge in [0, 0.05) is 5.38 Å². The van der Waals surface area contributed by atoms with E-state index < -0.39 is 21.0 Å². The predicted octanol–water partition coefficient (Wildman–Crippen LogP) is 1.38. The van der Waals surface area contributed by atoms with Gasteiger partial charge < -0.3 is 5.32 Å². The summed E-state index contributed by atoms with van der Waals surface area (Å²) in [4.78, 5) is 15.7. The number of carbonyl (C=O) groups excluding carboxylic acids is 1. The van der Waals surface area contributed by atoms with E-state index in [1.165, 1.54) is 24.3 Å². The largest absolute Gasteiger partial charge is 0.301 e. The number of sulfone groups is 1. The Hall–Kier alpha value is -1.21. The highest BCUT2D eigenvalue weighted by Crippen LogP contribution is 2.15. The molecule has 0 aliphatic rings. The van der Waals surface area contributed by atoms with Gasteiger partial charge in [0.1, 0.15) is 5.25 Å². The van der Waals surface area contributed by atoms with Gasteiger partial charge >= 0.3 is 0 Å². The molecule has 0 aliphatic heterocycles. The van der Waals surface area contributed by atoms with Gasteiger partial charge in [-0.2, -0.15) is 0 Å². The number of hydrogen-bond acceptors (Lipinski definition) is 5. The molecule has 0 aliphatic carbocycles. The van der Waals surface area contributed by atoms with Crippen molar-refractivity contribution >= 4 is 32.2 Å². The summed E-state index contributed by atoms with van der Waals surface area (Å²) in [7, 11) is -3.48. The van der Waals surface area contributed by atoms with E-state index in [1.54, 1.807) is 12.3 Å². The summed E-state index contributed by atoms with van der Waals surface area (Å²) >= 11 is 1.26. The minimum atomic E-state index is -3.48. The van der Waals surface area contributed by atoms with Crippen molar-refractivity contribution in [2.45, 2.75) is 19.1 Å². The highest BCUT2D eigenvalue weighted by molar-refractivity contribution is 7.92. The number of thiazole rings is 1. The summed E-state index contributed by atoms with van der Waals surface area (Å²) in [5.74, 6) is -0.778. The smallest absolute Gasteiger partial charge is 0.244 e. The molecule has 0 spiro atoms. The number of nitrogens with zero attached hydrogens (tertiary/aromatic N) is 1. The Morgan fingerprint density at radius 2 is 2.35 bits per heavy atom. The molecule has 94 valence electrons. The van der Waals surface area contributed by atoms with Crippen molar-refractivity contribution in [3.05, 3.63) is 23.7 Å². The highest BCUT2D eigenvalue weighted by atomic mass is 32.2. The van der Waals surface area contributed by atoms with Crippen LogP contribution < -0.4 is 5.32 Å². The van der Waals surface area contributed by atoms with Crippen molar-refractivity contribution in [1.29, 1.82) is 0 Å². The summed E-state index contributed by atoms with van der Waals surface area (Å²) in [6.45, 7) is 6.51. The van der Waals surface area contributed by atoms with Crippen LogP contribution >= 0.6 is 11.3 Å². The van der Waals surface area contributed by atoms with Crippen molar-refractivity contribution in [2.75, 3.05) is 11.1 Å². The molecule has 17 heavy (non-hydrogen) atoms. The number of nitrogens with one attached hydrogen (secondary N) is 1. The van der Waals surface area contributed by atoms with E-state index in [9.17, 15) is 13.2 Å². The fraction of sp³-hybridized carbons (Fsp3) is 0.400. The molecule has 7 heteroatoms. The Balaban J connectivity index is 2.74. The van der Waals surface area contributed by atoms with Crippen molar-refractivity contribution < 1.29 is 13.2 Å². The molecular weight excluding hydrogens is 260 g/mol. The second-order valence-corrected chi connectivity index (χ2v) is 6.77. The van der Waals surface area contributed by atoms with E-state index >= 15 is 0 Å². The Morgan fingerprint density at radius 1 is 1.71 bits per heavy atom. The topological polar surface area (TPSA) is 76.1 Å². The van der Waals surface area contributed by atoms with Crippen LogP contribution in [0.2, 0.25) is 0 Å². The normalized spacial score (nSPS) is 13.1. The molecule has 1 heterocycles. The van der Waals surface area contributed by atoms with Crippen LogP contribution in [0, 0.1) is 6.92 Å². The predicted molar refractivity (Wildman–Crippen MR) is 68.9 cm³/mol. The zero-order valence-electron chi connectivity index (χ0n) is 9.63. The average Bonchev–Trinajstić information content (AvgIpc) is 2.62. The third kappa shape index (κ3) is 3.64. The Bertz CT molecular complexity index is 519. The number of hydrogen-bond donors (Lipinski definition) is 1. The quantitative estimate of drug-likeness (QED) is 0.823. The van der Waals surface area contributed by atoms with Crippen LogP contribution in [0.25, 0.3) is 0 Å². The number of aromatic nitrogens is 1. The van der Waals surface area contributed by atoms with Crippen LogP contribution in [0.15, 0.2) is 18.0 Å². The Kier molecular flexibility index (Phi) is 4.41. The first kappa shape index (κ1) is 13.9. The maximum Gasteiger partial charge on any atom is 0.244 e. The SMILES string of the molecule is C=CCS(=O)(=O)C(C)C(=O)Nc1nc(C)cs1. The highest BCUT2D eigenvalue weighted by Gasteiger charge is 2.27. The van der Waals surface area contributed by atoms with E-state index in [0.29, 0.717) is 5.13 Å². The third-order valence-corrected chi connectivity index (χ3v) is 4.97. The lowest BCUT2D eigenvalue weighted by molar-refractivity contribution is -0.115. The summed E-state index contributed by atoms with van der Waals surface area (Å²) in [6.07, 6.45) is 1.27. The number of carbonyl (C=O) groups is 1. The van der Waals surface area contributed by atoms with Gasteiger partial charge in [0.2, 0.25) is 5.91 Å². The first-order valence-electron chi connectivity index (χ1n) is 4.92. The van der Waals surface area contributed by atoms with Gasteiger partial charge in [0.15, 0.2) is 15.0 Å². The molecule has 1 aromatic rings. The van der Waals surface area contributed by atoms with Gasteiger partial charge in [0.05, 0.1) is 11.4 Å². The van der Waals surface area contributed by atoms with E-state index in [0.717, 1.165) is 5.69 Å². The Labute approximate surface area is 104 Å². The molecular formula is C10H14N2O3S2. The molecule has 0 fully saturated rings. The van der Waals surface area contributed by atoms with Crippen LogP contribution in [-0.4, -0.2) is 30.3 Å². The zero-order valence-corrected chi connectivity index (χ0v) is 11.3. The van der Waals surface area contributed by atoms with Gasteiger partial charge in [0.25, 0.3) is 0 Å². The van der Waals surface area contributed by atoms with Crippen LogP contribution in [0.4, 0.5) is 5.13 Å². The molecule has 1 aromatic heterocycles. The Morgan fingerprint density at radius 3 is 2.82 bits per heavy atom. The molecule has 5 nitrogen and oxygen atoms in total. The summed E-state index contributed by atoms with van der Waals surface area (Å²) in [6, 6.07) is 0. The maximum atomic E-state index is 11.7. The summed E-state index contributed by atoms with van der Waals surface area (Å²) in [5.41, 5.74) is 0.784. The molecule has 0 saturated heterocycles. The minimum Gasteiger partial charge on any atom is -0.301 e. The number of rotatable bonds is 5. The maximum absolute atomic E-state index is 11.7. The van der Waals surface area contributed by atoms with Gasteiger partial charge in [-0.3, -0.25) is 4.79 Å². The van der Waals surface area contributed by atoms with Crippen LogP contribution in [-0.2, 0) is 14.6 Å². The van der Waals surface area contributed by atoms with E-state index in [4.69, 9.17) is 0 Å². The minimum absolute atomic E-state index is 0.210. The molecule has 1 unspecified atom stereocenters. The average molecular weight is 274 g/mol. The van der Waals surface area contributed by atoms with E-state index in [-0.39, 0.29) is 5.75 Å². The molecule has 1 atom stereocenters. The van der Waals surface area contributed by atoms with Gasteiger partial charge in [-0.25, -0.2) is 13.4 Å². The lowest BCUT2D eigenvalue weighted by Crippen LogP contribution is -2.33. The molecule has 0 saturated carbocycles. The summed E-state index contributed by atoms with van der Waals surface area (Å²) in [5, 5.41) is 3.56. The number of aryl methyl sites for hydroxylation is 1. The molecule has 0 bridgehead atoms. The molecule has 0 aromatic carbocycles. The lowest BCUT2D eigenvalue weighted by atomic mass is 10.4. The second kappa shape index (κ2) is 5.42. The van der Waals surface area contributed by atoms with E-state index in [2.05, 4.69) is 16.9 Å². The molecule has 0 radical (unpaired) electrons. The molecule has 1 amide bonds. The third-order valence-electron chi connectivity index (χ3n) is 2.11. The van der Waals surface area contributed by atoms with Crippen LogP contribution in [0.5, 0.6) is 0 Å². The standard InChI is InChI=1S/C10H14N2O3S2/c1-4-5-17(14,15)8(3)9(13)12-10-11-7(2)6-16-10/h4,6,8H,1,5H2,2-3H3,(H,11,12,13). The fourth-order valence-electron chi connectivity index (χ4n) is 1.09. The monoisotopic (exact) mass is 274 g/mol. The second-order valence-electron chi connectivity index (χ2n) is 3.54. The van der Waals surface area contributed by atoms with Gasteiger partial charge in [-0.05, 0) is 13.8 Å². The molecule has 1 rings (SSSR count). The summed E-state index contributed by atoms with van der Waals surface area (Å²) < 4.78 is 23.2. The fourth-order valence-corrected chi connectivity index (χ4v) is 2.78. The van der Waals surface area contributed by atoms with Gasteiger partial charge in [-0.1, -0.05) is 6.08 Å².